The lowest BCUT2D eigenvalue weighted by Crippen LogP contribution is -2.30. The molecule has 1 aromatic heterocycles. The van der Waals surface area contributed by atoms with Crippen LogP contribution in [0.3, 0.4) is 0 Å². The molecule has 1 rings (SSSR count). The first kappa shape index (κ1) is 13.6. The number of pyridine rings is 1. The van der Waals surface area contributed by atoms with Gasteiger partial charge in [-0.25, -0.2) is 0 Å². The first-order valence-corrected chi connectivity index (χ1v) is 5.65. The molecule has 0 bridgehead atoms. The minimum absolute atomic E-state index is 0.221. The number of ether oxygens (including phenoxy) is 1. The van der Waals surface area contributed by atoms with Crippen LogP contribution >= 0.6 is 0 Å². The zero-order chi connectivity index (χ0) is 12.5. The third-order valence-electron chi connectivity index (χ3n) is 2.44. The van der Waals surface area contributed by atoms with E-state index in [0.29, 0.717) is 13.0 Å². The summed E-state index contributed by atoms with van der Waals surface area (Å²) in [4.78, 5) is 6.30. The standard InChI is InChI=1S/C12H20N4O/c1-17-8-7-16(6-4-12(13)14)10-11-3-2-5-15-9-11/h2-3,5,9H,4,6-8,10H2,1H3,(H3,13,14). The predicted octanol–water partition coefficient (Wildman–Crippen LogP) is 0.856. The smallest absolute Gasteiger partial charge is 0.0918 e. The molecule has 0 atom stereocenters. The van der Waals surface area contributed by atoms with Gasteiger partial charge in [-0.05, 0) is 11.6 Å². The van der Waals surface area contributed by atoms with E-state index >= 15 is 0 Å². The lowest BCUT2D eigenvalue weighted by atomic mass is 10.2. The van der Waals surface area contributed by atoms with Crippen LogP contribution in [-0.4, -0.2) is 42.5 Å². The average Bonchev–Trinajstić information content (AvgIpc) is 2.34. The Kier molecular flexibility index (Phi) is 6.21. The van der Waals surface area contributed by atoms with E-state index in [9.17, 15) is 0 Å². The highest BCUT2D eigenvalue weighted by atomic mass is 16.5. The summed E-state index contributed by atoms with van der Waals surface area (Å²) >= 11 is 0. The van der Waals surface area contributed by atoms with Crippen LogP contribution < -0.4 is 5.73 Å². The van der Waals surface area contributed by atoms with E-state index in [1.54, 1.807) is 13.3 Å². The van der Waals surface area contributed by atoms with Gasteiger partial charge in [-0.15, -0.1) is 0 Å². The Morgan fingerprint density at radius 1 is 1.53 bits per heavy atom. The van der Waals surface area contributed by atoms with E-state index in [1.165, 1.54) is 0 Å². The lowest BCUT2D eigenvalue weighted by molar-refractivity contribution is 0.145. The average molecular weight is 236 g/mol. The topological polar surface area (TPSA) is 75.2 Å². The van der Waals surface area contributed by atoms with Crippen LogP contribution in [0.5, 0.6) is 0 Å². The third-order valence-corrected chi connectivity index (χ3v) is 2.44. The number of amidine groups is 1. The number of nitrogens with one attached hydrogen (secondary N) is 1. The fraction of sp³-hybridized carbons (Fsp3) is 0.500. The Labute approximate surface area is 102 Å². The molecule has 5 nitrogen and oxygen atoms in total. The van der Waals surface area contributed by atoms with Gasteiger partial charge in [0.15, 0.2) is 0 Å². The van der Waals surface area contributed by atoms with Crippen molar-refractivity contribution in [3.8, 4) is 0 Å². The molecule has 3 N–H and O–H groups in total. The Balaban J connectivity index is 2.47. The molecule has 0 amide bonds. The van der Waals surface area contributed by atoms with Crippen LogP contribution in [0, 0.1) is 5.41 Å². The maximum Gasteiger partial charge on any atom is 0.0918 e. The molecule has 94 valence electrons. The summed E-state index contributed by atoms with van der Waals surface area (Å²) in [7, 11) is 1.69. The van der Waals surface area contributed by atoms with Crippen LogP contribution in [0.1, 0.15) is 12.0 Å². The number of nitrogens with two attached hydrogens (primary N) is 1. The van der Waals surface area contributed by atoms with Crippen molar-refractivity contribution in [2.45, 2.75) is 13.0 Å². The van der Waals surface area contributed by atoms with Crippen molar-refractivity contribution in [3.63, 3.8) is 0 Å². The maximum atomic E-state index is 7.25. The molecule has 0 radical (unpaired) electrons. The molecule has 0 aliphatic heterocycles. The number of methoxy groups -OCH3 is 1. The fourth-order valence-electron chi connectivity index (χ4n) is 1.52. The van der Waals surface area contributed by atoms with Gasteiger partial charge in [-0.2, -0.15) is 0 Å². The quantitative estimate of drug-likeness (QED) is 0.518. The number of hydrogen-bond acceptors (Lipinski definition) is 4. The molecule has 0 aromatic carbocycles. The molecule has 0 aliphatic rings. The molecule has 0 unspecified atom stereocenters. The molecule has 1 heterocycles. The number of hydrogen-bond donors (Lipinski definition) is 2. The van der Waals surface area contributed by atoms with Crippen LogP contribution in [0.4, 0.5) is 0 Å². The van der Waals surface area contributed by atoms with Crippen molar-refractivity contribution in [2.75, 3.05) is 26.8 Å². The van der Waals surface area contributed by atoms with Crippen LogP contribution in [0.2, 0.25) is 0 Å². The molecule has 1 aromatic rings. The van der Waals surface area contributed by atoms with Gasteiger partial charge in [-0.3, -0.25) is 15.3 Å². The SMILES string of the molecule is COCCN(CCC(=N)N)Cc1cccnc1. The monoisotopic (exact) mass is 236 g/mol. The van der Waals surface area contributed by atoms with Gasteiger partial charge in [-0.1, -0.05) is 6.07 Å². The number of nitrogens with zero attached hydrogens (tertiary/aromatic N) is 2. The van der Waals surface area contributed by atoms with Gasteiger partial charge >= 0.3 is 0 Å². The van der Waals surface area contributed by atoms with E-state index < -0.39 is 0 Å². The van der Waals surface area contributed by atoms with Gasteiger partial charge < -0.3 is 10.5 Å². The van der Waals surface area contributed by atoms with E-state index in [1.807, 2.05) is 18.3 Å². The molecule has 0 saturated heterocycles. The first-order chi connectivity index (χ1) is 8.22. The van der Waals surface area contributed by atoms with Crippen LogP contribution in [0.15, 0.2) is 24.5 Å². The normalized spacial score (nSPS) is 10.7. The summed E-state index contributed by atoms with van der Waals surface area (Å²) in [5.74, 6) is 0.221. The Morgan fingerprint density at radius 3 is 2.94 bits per heavy atom. The van der Waals surface area contributed by atoms with Gasteiger partial charge in [0.25, 0.3) is 0 Å². The number of rotatable bonds is 8. The summed E-state index contributed by atoms with van der Waals surface area (Å²) in [5, 5.41) is 7.25. The second-order valence-electron chi connectivity index (χ2n) is 3.91. The maximum absolute atomic E-state index is 7.25. The molecule has 0 saturated carbocycles. The third kappa shape index (κ3) is 5.99. The molecular weight excluding hydrogens is 216 g/mol. The highest BCUT2D eigenvalue weighted by Crippen LogP contribution is 2.03. The highest BCUT2D eigenvalue weighted by Gasteiger charge is 2.06. The number of aromatic nitrogens is 1. The predicted molar refractivity (Wildman–Crippen MR) is 67.9 cm³/mol. The molecule has 0 aliphatic carbocycles. The minimum atomic E-state index is 0.221. The van der Waals surface area contributed by atoms with Crippen LogP contribution in [0.25, 0.3) is 0 Å². The summed E-state index contributed by atoms with van der Waals surface area (Å²) in [5.41, 5.74) is 6.54. The minimum Gasteiger partial charge on any atom is -0.388 e. The van der Waals surface area contributed by atoms with Gasteiger partial charge in [0.2, 0.25) is 0 Å². The first-order valence-electron chi connectivity index (χ1n) is 5.65. The fourth-order valence-corrected chi connectivity index (χ4v) is 1.52. The zero-order valence-corrected chi connectivity index (χ0v) is 10.2. The van der Waals surface area contributed by atoms with Crippen molar-refractivity contribution >= 4 is 5.84 Å². The molecule has 17 heavy (non-hydrogen) atoms. The van der Waals surface area contributed by atoms with Gasteiger partial charge in [0.05, 0.1) is 12.4 Å². The zero-order valence-electron chi connectivity index (χ0n) is 10.2. The largest absolute Gasteiger partial charge is 0.388 e. The Bertz CT molecular complexity index is 329. The van der Waals surface area contributed by atoms with E-state index in [-0.39, 0.29) is 5.84 Å². The highest BCUT2D eigenvalue weighted by molar-refractivity contribution is 5.76. The van der Waals surface area contributed by atoms with Crippen molar-refractivity contribution in [2.24, 2.45) is 5.73 Å². The summed E-state index contributed by atoms with van der Waals surface area (Å²) in [6.45, 7) is 3.09. The molecular formula is C12H20N4O. The summed E-state index contributed by atoms with van der Waals surface area (Å²) in [6.07, 6.45) is 4.20. The Hall–Kier alpha value is -1.46. The van der Waals surface area contributed by atoms with Crippen molar-refractivity contribution in [1.82, 2.24) is 9.88 Å². The van der Waals surface area contributed by atoms with E-state index in [0.717, 1.165) is 25.2 Å². The van der Waals surface area contributed by atoms with Crippen molar-refractivity contribution in [3.05, 3.63) is 30.1 Å². The second-order valence-corrected chi connectivity index (χ2v) is 3.91. The molecule has 0 fully saturated rings. The second kappa shape index (κ2) is 7.76. The molecule has 5 heteroatoms. The molecule has 0 spiro atoms. The van der Waals surface area contributed by atoms with Crippen LogP contribution in [-0.2, 0) is 11.3 Å². The summed E-state index contributed by atoms with van der Waals surface area (Å²) in [6, 6.07) is 3.97. The van der Waals surface area contributed by atoms with Crippen molar-refractivity contribution < 1.29 is 4.74 Å². The van der Waals surface area contributed by atoms with Crippen molar-refractivity contribution in [1.29, 1.82) is 5.41 Å². The van der Waals surface area contributed by atoms with Gasteiger partial charge in [0.1, 0.15) is 0 Å². The van der Waals surface area contributed by atoms with Gasteiger partial charge in [0, 0.05) is 45.6 Å². The lowest BCUT2D eigenvalue weighted by Gasteiger charge is -2.21. The van der Waals surface area contributed by atoms with E-state index in [2.05, 4.69) is 9.88 Å². The summed E-state index contributed by atoms with van der Waals surface area (Å²) < 4.78 is 5.07. The Morgan fingerprint density at radius 2 is 2.35 bits per heavy atom. The van der Waals surface area contributed by atoms with E-state index in [4.69, 9.17) is 15.9 Å².